The zero-order valence-electron chi connectivity index (χ0n) is 7.07. The van der Waals surface area contributed by atoms with Crippen LogP contribution < -0.4 is 34.0 Å². The summed E-state index contributed by atoms with van der Waals surface area (Å²) in [5.41, 5.74) is 18.3. The molecule has 0 amide bonds. The number of anilines is 4. The van der Waals surface area contributed by atoms with Gasteiger partial charge in [0, 0.05) is 0 Å². The number of halogens is 2. The van der Waals surface area contributed by atoms with Crippen LogP contribution in [0.15, 0.2) is 8.95 Å². The van der Waals surface area contributed by atoms with Crippen LogP contribution in [0.3, 0.4) is 0 Å². The van der Waals surface area contributed by atoms with Crippen molar-refractivity contribution < 1.29 is 0 Å². The van der Waals surface area contributed by atoms with Crippen LogP contribution >= 0.6 is 31.9 Å². The first-order valence-electron chi connectivity index (χ1n) is 3.53. The Bertz CT molecular complexity index is 302. The standard InChI is InChI=1S/C6H10Br2N6/c7-1-3(9)6(14-12)2(8)4(10)5(1)13-11/h13-14H,9-12H2. The number of rotatable bonds is 2. The molecule has 0 fully saturated rings. The predicted octanol–water partition coefficient (Wildman–Crippen LogP) is 0.947. The Balaban J connectivity index is 3.55. The van der Waals surface area contributed by atoms with E-state index in [2.05, 4.69) is 42.7 Å². The van der Waals surface area contributed by atoms with Crippen molar-refractivity contribution in [1.29, 1.82) is 0 Å². The molecular formula is C6H10Br2N6. The lowest BCUT2D eigenvalue weighted by atomic mass is 10.2. The van der Waals surface area contributed by atoms with Crippen molar-refractivity contribution >= 4 is 54.6 Å². The van der Waals surface area contributed by atoms with Gasteiger partial charge in [-0.25, -0.2) is 0 Å². The van der Waals surface area contributed by atoms with E-state index in [0.29, 0.717) is 31.7 Å². The normalized spacial score (nSPS) is 10.0. The van der Waals surface area contributed by atoms with Gasteiger partial charge < -0.3 is 22.3 Å². The molecule has 0 saturated heterocycles. The molecule has 0 heterocycles. The van der Waals surface area contributed by atoms with Gasteiger partial charge in [-0.15, -0.1) is 0 Å². The first-order chi connectivity index (χ1) is 6.54. The maximum absolute atomic E-state index is 5.77. The number of nitrogens with one attached hydrogen (secondary N) is 2. The fraction of sp³-hybridized carbons (Fsp3) is 0. The smallest absolute Gasteiger partial charge is 0.0894 e. The van der Waals surface area contributed by atoms with Crippen LogP contribution in [0.25, 0.3) is 0 Å². The van der Waals surface area contributed by atoms with Gasteiger partial charge in [0.15, 0.2) is 0 Å². The molecule has 0 unspecified atom stereocenters. The lowest BCUT2D eigenvalue weighted by molar-refractivity contribution is 1.31. The Morgan fingerprint density at radius 1 is 0.786 bits per heavy atom. The third kappa shape index (κ3) is 1.61. The summed E-state index contributed by atoms with van der Waals surface area (Å²) in [6.45, 7) is 0. The Labute approximate surface area is 97.6 Å². The van der Waals surface area contributed by atoms with E-state index >= 15 is 0 Å². The van der Waals surface area contributed by atoms with Gasteiger partial charge in [-0.2, -0.15) is 0 Å². The van der Waals surface area contributed by atoms with Gasteiger partial charge >= 0.3 is 0 Å². The molecule has 1 rings (SSSR count). The van der Waals surface area contributed by atoms with Crippen LogP contribution in [0, 0.1) is 0 Å². The van der Waals surface area contributed by atoms with Gasteiger partial charge in [-0.1, -0.05) is 0 Å². The summed E-state index contributed by atoms with van der Waals surface area (Å²) >= 11 is 6.51. The second-order valence-corrected chi connectivity index (χ2v) is 4.08. The van der Waals surface area contributed by atoms with Crippen LogP contribution in [0.2, 0.25) is 0 Å². The third-order valence-corrected chi connectivity index (χ3v) is 3.39. The molecule has 1 aromatic carbocycles. The first-order valence-corrected chi connectivity index (χ1v) is 5.12. The Morgan fingerprint density at radius 3 is 1.29 bits per heavy atom. The second kappa shape index (κ2) is 4.22. The van der Waals surface area contributed by atoms with E-state index in [0.717, 1.165) is 0 Å². The molecule has 8 heteroatoms. The molecular weight excluding hydrogens is 316 g/mol. The molecule has 0 spiro atoms. The van der Waals surface area contributed by atoms with Crippen molar-refractivity contribution in [2.45, 2.75) is 0 Å². The van der Waals surface area contributed by atoms with Gasteiger partial charge in [0.05, 0.1) is 31.7 Å². The number of hydrogen-bond donors (Lipinski definition) is 6. The second-order valence-electron chi connectivity index (χ2n) is 2.49. The molecule has 0 aliphatic carbocycles. The highest BCUT2D eigenvalue weighted by atomic mass is 79.9. The lowest BCUT2D eigenvalue weighted by Gasteiger charge is -2.16. The van der Waals surface area contributed by atoms with Crippen molar-refractivity contribution in [1.82, 2.24) is 0 Å². The molecule has 0 saturated carbocycles. The molecule has 1 aromatic rings. The highest BCUT2D eigenvalue weighted by Gasteiger charge is 2.16. The fourth-order valence-electron chi connectivity index (χ4n) is 1.01. The Morgan fingerprint density at radius 2 is 1.07 bits per heavy atom. The minimum absolute atomic E-state index is 0.418. The van der Waals surface area contributed by atoms with E-state index < -0.39 is 0 Å². The summed E-state index contributed by atoms with van der Waals surface area (Å²) < 4.78 is 1.13. The molecule has 6 nitrogen and oxygen atoms in total. The SMILES string of the molecule is NNc1c(N)c(Br)c(NN)c(N)c1Br. The quantitative estimate of drug-likeness (QED) is 0.273. The number of hydrogen-bond acceptors (Lipinski definition) is 6. The summed E-state index contributed by atoms with van der Waals surface area (Å²) in [6.07, 6.45) is 0. The van der Waals surface area contributed by atoms with Crippen LogP contribution in [0.1, 0.15) is 0 Å². The zero-order valence-corrected chi connectivity index (χ0v) is 10.2. The van der Waals surface area contributed by atoms with E-state index in [1.807, 2.05) is 0 Å². The number of hydrazine groups is 2. The number of nitrogen functional groups attached to an aromatic ring is 4. The molecule has 0 aliphatic heterocycles. The third-order valence-electron chi connectivity index (χ3n) is 1.74. The lowest BCUT2D eigenvalue weighted by Crippen LogP contribution is -2.15. The average Bonchev–Trinajstić information content (AvgIpc) is 2.17. The predicted molar refractivity (Wildman–Crippen MR) is 66.3 cm³/mol. The monoisotopic (exact) mass is 324 g/mol. The summed E-state index contributed by atoms with van der Waals surface area (Å²) in [4.78, 5) is 0. The maximum atomic E-state index is 5.77. The van der Waals surface area contributed by atoms with Gasteiger partial charge in [0.25, 0.3) is 0 Å². The topological polar surface area (TPSA) is 128 Å². The molecule has 0 bridgehead atoms. The fourth-order valence-corrected chi connectivity index (χ4v) is 2.06. The van der Waals surface area contributed by atoms with Crippen molar-refractivity contribution in [3.05, 3.63) is 8.95 Å². The number of benzene rings is 1. The largest absolute Gasteiger partial charge is 0.396 e. The average molecular weight is 326 g/mol. The van der Waals surface area contributed by atoms with E-state index in [-0.39, 0.29) is 0 Å². The van der Waals surface area contributed by atoms with Crippen molar-refractivity contribution in [2.75, 3.05) is 22.3 Å². The van der Waals surface area contributed by atoms with Crippen molar-refractivity contribution in [3.8, 4) is 0 Å². The molecule has 0 aromatic heterocycles. The van der Waals surface area contributed by atoms with Gasteiger partial charge in [0.1, 0.15) is 0 Å². The van der Waals surface area contributed by atoms with Crippen LogP contribution in [0.5, 0.6) is 0 Å². The minimum Gasteiger partial charge on any atom is -0.396 e. The van der Waals surface area contributed by atoms with Crippen LogP contribution in [-0.2, 0) is 0 Å². The van der Waals surface area contributed by atoms with Crippen molar-refractivity contribution in [2.24, 2.45) is 11.7 Å². The van der Waals surface area contributed by atoms with Crippen LogP contribution in [0.4, 0.5) is 22.7 Å². The highest BCUT2D eigenvalue weighted by molar-refractivity contribution is 9.11. The molecule has 0 atom stereocenters. The molecule has 0 aliphatic rings. The summed E-state index contributed by atoms with van der Waals surface area (Å²) in [5, 5.41) is 0. The summed E-state index contributed by atoms with van der Waals surface area (Å²) in [7, 11) is 0. The van der Waals surface area contributed by atoms with Crippen molar-refractivity contribution in [3.63, 3.8) is 0 Å². The first kappa shape index (κ1) is 11.4. The van der Waals surface area contributed by atoms with Gasteiger partial charge in [0.2, 0.25) is 0 Å². The Kier molecular flexibility index (Phi) is 3.43. The molecule has 78 valence electrons. The molecule has 0 radical (unpaired) electrons. The maximum Gasteiger partial charge on any atom is 0.0894 e. The zero-order chi connectivity index (χ0) is 10.9. The summed E-state index contributed by atoms with van der Waals surface area (Å²) in [5.74, 6) is 10.6. The van der Waals surface area contributed by atoms with Gasteiger partial charge in [-0.05, 0) is 31.9 Å². The van der Waals surface area contributed by atoms with Crippen LogP contribution in [-0.4, -0.2) is 0 Å². The molecule has 14 heavy (non-hydrogen) atoms. The van der Waals surface area contributed by atoms with E-state index in [4.69, 9.17) is 23.2 Å². The van der Waals surface area contributed by atoms with E-state index in [1.165, 1.54) is 0 Å². The van der Waals surface area contributed by atoms with E-state index in [1.54, 1.807) is 0 Å². The number of nitrogens with two attached hydrogens (primary N) is 4. The molecule has 10 N–H and O–H groups in total. The highest BCUT2D eigenvalue weighted by Crippen LogP contribution is 2.45. The Hall–Kier alpha value is -0.700. The minimum atomic E-state index is 0.418. The van der Waals surface area contributed by atoms with Gasteiger partial charge in [-0.3, -0.25) is 11.7 Å². The summed E-state index contributed by atoms with van der Waals surface area (Å²) in [6, 6.07) is 0. The van der Waals surface area contributed by atoms with E-state index in [9.17, 15) is 0 Å².